The Balaban J connectivity index is 1.41. The SMILES string of the molecule is [B]c1ccc2c(-c3cnn4cc(-c5ccc(OC(CCC)CCCC)cn5)cnc34)cccc2n1. The minimum atomic E-state index is 0.244. The molecule has 4 heterocycles. The number of aromatic nitrogens is 5. The highest BCUT2D eigenvalue weighted by atomic mass is 16.5. The summed E-state index contributed by atoms with van der Waals surface area (Å²) in [5, 5.41) is 5.58. The zero-order valence-corrected chi connectivity index (χ0v) is 20.2. The van der Waals surface area contributed by atoms with Crippen LogP contribution in [0.2, 0.25) is 0 Å². The van der Waals surface area contributed by atoms with Crippen molar-refractivity contribution in [1.29, 1.82) is 0 Å². The molecule has 0 aliphatic heterocycles. The van der Waals surface area contributed by atoms with Crippen molar-refractivity contribution in [2.75, 3.05) is 0 Å². The lowest BCUT2D eigenvalue weighted by Gasteiger charge is -2.18. The van der Waals surface area contributed by atoms with Crippen molar-refractivity contribution in [2.24, 2.45) is 0 Å². The van der Waals surface area contributed by atoms with E-state index in [1.807, 2.05) is 55.0 Å². The normalized spacial score (nSPS) is 12.3. The summed E-state index contributed by atoms with van der Waals surface area (Å²) >= 11 is 0. The topological polar surface area (TPSA) is 65.2 Å². The van der Waals surface area contributed by atoms with Gasteiger partial charge in [0.1, 0.15) is 13.6 Å². The van der Waals surface area contributed by atoms with Gasteiger partial charge in [0.2, 0.25) is 0 Å². The quantitative estimate of drug-likeness (QED) is 0.270. The van der Waals surface area contributed by atoms with E-state index in [0.717, 1.165) is 63.9 Å². The van der Waals surface area contributed by atoms with Gasteiger partial charge in [0.05, 0.1) is 29.7 Å². The van der Waals surface area contributed by atoms with E-state index < -0.39 is 0 Å². The third-order valence-corrected chi connectivity index (χ3v) is 6.23. The van der Waals surface area contributed by atoms with E-state index in [1.165, 1.54) is 12.8 Å². The summed E-state index contributed by atoms with van der Waals surface area (Å²) in [5.74, 6) is 0.809. The van der Waals surface area contributed by atoms with Crippen LogP contribution in [0.15, 0.2) is 67.3 Å². The molecule has 4 aromatic heterocycles. The predicted octanol–water partition coefficient (Wildman–Crippen LogP) is 5.54. The fraction of sp³-hybridized carbons (Fsp3) is 0.286. The highest BCUT2D eigenvalue weighted by Gasteiger charge is 2.14. The highest BCUT2D eigenvalue weighted by Crippen LogP contribution is 2.30. The second-order valence-electron chi connectivity index (χ2n) is 8.83. The highest BCUT2D eigenvalue weighted by molar-refractivity contribution is 6.31. The minimum absolute atomic E-state index is 0.244. The van der Waals surface area contributed by atoms with Crippen molar-refractivity contribution in [3.8, 4) is 28.1 Å². The van der Waals surface area contributed by atoms with E-state index in [4.69, 9.17) is 17.6 Å². The molecule has 0 N–H and O–H groups in total. The fourth-order valence-corrected chi connectivity index (χ4v) is 4.43. The molecule has 174 valence electrons. The van der Waals surface area contributed by atoms with Crippen molar-refractivity contribution in [3.05, 3.63) is 67.3 Å². The molecule has 7 heteroatoms. The van der Waals surface area contributed by atoms with Gasteiger partial charge in [0.15, 0.2) is 5.65 Å². The van der Waals surface area contributed by atoms with Gasteiger partial charge in [-0.1, -0.05) is 57.4 Å². The summed E-state index contributed by atoms with van der Waals surface area (Å²) in [6, 6.07) is 13.8. The second kappa shape index (κ2) is 10.3. The average molecular weight is 461 g/mol. The lowest BCUT2D eigenvalue weighted by atomic mass is 9.99. The largest absolute Gasteiger partial charge is 0.489 e. The Bertz CT molecular complexity index is 1450. The first-order chi connectivity index (χ1) is 17.2. The van der Waals surface area contributed by atoms with Crippen LogP contribution >= 0.6 is 0 Å². The number of fused-ring (bicyclic) bond motifs is 2. The van der Waals surface area contributed by atoms with Crippen LogP contribution in [0.4, 0.5) is 0 Å². The van der Waals surface area contributed by atoms with Crippen LogP contribution in [0.25, 0.3) is 38.9 Å². The molecule has 2 radical (unpaired) electrons. The Morgan fingerprint density at radius 3 is 2.63 bits per heavy atom. The third kappa shape index (κ3) is 4.90. The van der Waals surface area contributed by atoms with E-state index in [2.05, 4.69) is 35.0 Å². The number of nitrogens with zero attached hydrogens (tertiary/aromatic N) is 5. The number of hydrogen-bond donors (Lipinski definition) is 0. The van der Waals surface area contributed by atoms with E-state index >= 15 is 0 Å². The number of pyridine rings is 2. The lowest BCUT2D eigenvalue weighted by Crippen LogP contribution is -2.16. The summed E-state index contributed by atoms with van der Waals surface area (Å²) < 4.78 is 8.00. The van der Waals surface area contributed by atoms with Crippen molar-refractivity contribution in [3.63, 3.8) is 0 Å². The Morgan fingerprint density at radius 1 is 0.914 bits per heavy atom. The molecule has 0 fully saturated rings. The van der Waals surface area contributed by atoms with Crippen LogP contribution in [-0.4, -0.2) is 38.5 Å². The molecule has 1 atom stereocenters. The third-order valence-electron chi connectivity index (χ3n) is 6.23. The summed E-state index contributed by atoms with van der Waals surface area (Å²) in [6.45, 7) is 4.41. The summed E-state index contributed by atoms with van der Waals surface area (Å²) in [4.78, 5) is 13.8. The minimum Gasteiger partial charge on any atom is -0.489 e. The van der Waals surface area contributed by atoms with E-state index in [1.54, 1.807) is 10.7 Å². The van der Waals surface area contributed by atoms with Crippen LogP contribution in [0.3, 0.4) is 0 Å². The molecule has 1 unspecified atom stereocenters. The molecule has 0 aliphatic carbocycles. The van der Waals surface area contributed by atoms with Crippen LogP contribution in [0.5, 0.6) is 5.75 Å². The summed E-state index contributed by atoms with van der Waals surface area (Å²) in [5.41, 5.74) is 5.81. The first-order valence-corrected chi connectivity index (χ1v) is 12.3. The van der Waals surface area contributed by atoms with Gasteiger partial charge in [-0.2, -0.15) is 5.10 Å². The van der Waals surface area contributed by atoms with Crippen LogP contribution in [-0.2, 0) is 0 Å². The van der Waals surface area contributed by atoms with Gasteiger partial charge in [-0.3, -0.25) is 9.97 Å². The van der Waals surface area contributed by atoms with Gasteiger partial charge >= 0.3 is 0 Å². The lowest BCUT2D eigenvalue weighted by molar-refractivity contribution is 0.176. The number of ether oxygens (including phenoxy) is 1. The Kier molecular flexibility index (Phi) is 6.75. The van der Waals surface area contributed by atoms with E-state index in [-0.39, 0.29) is 6.10 Å². The van der Waals surface area contributed by atoms with Crippen molar-refractivity contribution in [2.45, 2.75) is 52.1 Å². The molecule has 0 amide bonds. The summed E-state index contributed by atoms with van der Waals surface area (Å²) in [6.07, 6.45) is 13.3. The first kappa shape index (κ1) is 23.0. The molecule has 35 heavy (non-hydrogen) atoms. The van der Waals surface area contributed by atoms with Crippen molar-refractivity contribution < 1.29 is 4.74 Å². The fourth-order valence-electron chi connectivity index (χ4n) is 4.43. The maximum absolute atomic E-state index is 6.20. The molecule has 0 aliphatic rings. The van der Waals surface area contributed by atoms with Crippen LogP contribution in [0, 0.1) is 0 Å². The maximum atomic E-state index is 6.20. The van der Waals surface area contributed by atoms with Gasteiger partial charge < -0.3 is 4.74 Å². The zero-order valence-electron chi connectivity index (χ0n) is 20.2. The average Bonchev–Trinajstić information content (AvgIpc) is 3.30. The Morgan fingerprint density at radius 2 is 1.83 bits per heavy atom. The molecule has 6 nitrogen and oxygen atoms in total. The van der Waals surface area contributed by atoms with Gasteiger partial charge in [0, 0.05) is 28.9 Å². The van der Waals surface area contributed by atoms with Crippen LogP contribution < -0.4 is 10.3 Å². The van der Waals surface area contributed by atoms with Gasteiger partial charge in [-0.15, -0.1) is 0 Å². The van der Waals surface area contributed by atoms with Gasteiger partial charge in [-0.25, -0.2) is 9.50 Å². The van der Waals surface area contributed by atoms with Gasteiger partial charge in [-0.05, 0) is 42.2 Å². The van der Waals surface area contributed by atoms with E-state index in [0.29, 0.717) is 5.59 Å². The van der Waals surface area contributed by atoms with Crippen LogP contribution in [0.1, 0.15) is 46.0 Å². The first-order valence-electron chi connectivity index (χ1n) is 12.3. The molecule has 0 saturated carbocycles. The number of benzene rings is 1. The maximum Gasteiger partial charge on any atom is 0.162 e. The summed E-state index contributed by atoms with van der Waals surface area (Å²) in [7, 11) is 5.87. The number of hydrogen-bond acceptors (Lipinski definition) is 5. The standard InChI is InChI=1S/C28H28BN5O/c1-3-5-8-20(7-4-2)35-21-11-13-25(30-16-21)19-15-31-28-24(17-32-34(28)18-19)22-9-6-10-26-23(22)12-14-27(29)33-26/h6,9-18,20H,3-5,7-8H2,1-2H3. The molecular formula is C28H28BN5O. The molecular weight excluding hydrogens is 433 g/mol. The Hall–Kier alpha value is -3.74. The smallest absolute Gasteiger partial charge is 0.162 e. The van der Waals surface area contributed by atoms with E-state index in [9.17, 15) is 0 Å². The van der Waals surface area contributed by atoms with Crippen molar-refractivity contribution in [1.82, 2.24) is 24.6 Å². The monoisotopic (exact) mass is 461 g/mol. The predicted molar refractivity (Wildman–Crippen MR) is 141 cm³/mol. The second-order valence-corrected chi connectivity index (χ2v) is 8.83. The molecule has 0 spiro atoms. The number of unbranched alkanes of at least 4 members (excludes halogenated alkanes) is 1. The molecule has 5 rings (SSSR count). The Labute approximate surface area is 206 Å². The van der Waals surface area contributed by atoms with Crippen molar-refractivity contribution >= 4 is 30.0 Å². The molecule has 0 bridgehead atoms. The zero-order chi connectivity index (χ0) is 24.2. The molecule has 0 saturated heterocycles. The molecule has 5 aromatic rings. The van der Waals surface area contributed by atoms with Gasteiger partial charge in [0.25, 0.3) is 0 Å². The number of rotatable bonds is 9. The molecule has 1 aromatic carbocycles.